The molecule has 0 aromatic rings. The summed E-state index contributed by atoms with van der Waals surface area (Å²) in [6, 6.07) is -0.905. The molecular formula is C8H16N2O4. The van der Waals surface area contributed by atoms with E-state index >= 15 is 0 Å². The van der Waals surface area contributed by atoms with Gasteiger partial charge in [-0.2, -0.15) is 0 Å². The maximum atomic E-state index is 11.0. The maximum absolute atomic E-state index is 11.0. The molecule has 0 rings (SSSR count). The quantitative estimate of drug-likeness (QED) is 0.410. The Hall–Kier alpha value is -1.14. The molecule has 0 fully saturated rings. The van der Waals surface area contributed by atoms with Gasteiger partial charge < -0.3 is 21.3 Å². The van der Waals surface area contributed by atoms with Crippen molar-refractivity contribution in [3.05, 3.63) is 0 Å². The number of nitrogens with one attached hydrogen (secondary N) is 1. The minimum Gasteiger partial charge on any atom is -0.480 e. The van der Waals surface area contributed by atoms with Gasteiger partial charge in [-0.15, -0.1) is 0 Å². The molecule has 14 heavy (non-hydrogen) atoms. The number of aliphatic hydroxyl groups excluding tert-OH is 1. The van der Waals surface area contributed by atoms with Gasteiger partial charge in [-0.05, 0) is 19.4 Å². The predicted molar refractivity (Wildman–Crippen MR) is 49.6 cm³/mol. The lowest BCUT2D eigenvalue weighted by molar-refractivity contribution is -0.142. The zero-order valence-electron chi connectivity index (χ0n) is 7.90. The average Bonchev–Trinajstić information content (AvgIpc) is 2.12. The number of aliphatic hydroxyl groups is 1. The van der Waals surface area contributed by atoms with Gasteiger partial charge in [0, 0.05) is 6.42 Å². The molecule has 0 aliphatic rings. The van der Waals surface area contributed by atoms with Crippen LogP contribution < -0.4 is 11.1 Å². The second-order valence-electron chi connectivity index (χ2n) is 2.86. The fraction of sp³-hybridized carbons (Fsp3) is 0.750. The Bertz CT molecular complexity index is 196. The van der Waals surface area contributed by atoms with Gasteiger partial charge in [0.1, 0.15) is 6.04 Å². The summed E-state index contributed by atoms with van der Waals surface area (Å²) in [4.78, 5) is 21.6. The van der Waals surface area contributed by atoms with E-state index in [4.69, 9.17) is 15.9 Å². The summed E-state index contributed by atoms with van der Waals surface area (Å²) < 4.78 is 0. The molecule has 0 heterocycles. The fourth-order valence-corrected chi connectivity index (χ4v) is 0.947. The van der Waals surface area contributed by atoms with Crippen LogP contribution in [-0.4, -0.2) is 41.3 Å². The SMILES string of the molecule is NCCCC(NC(=O)CCO)C(=O)O. The molecule has 0 spiro atoms. The Morgan fingerprint density at radius 3 is 2.50 bits per heavy atom. The number of hydrogen-bond donors (Lipinski definition) is 4. The monoisotopic (exact) mass is 204 g/mol. The highest BCUT2D eigenvalue weighted by Crippen LogP contribution is 1.97. The van der Waals surface area contributed by atoms with Crippen LogP contribution in [0, 0.1) is 0 Å². The molecule has 1 amide bonds. The van der Waals surface area contributed by atoms with Crippen molar-refractivity contribution in [2.75, 3.05) is 13.2 Å². The summed E-state index contributed by atoms with van der Waals surface area (Å²) >= 11 is 0. The molecule has 0 saturated heterocycles. The van der Waals surface area contributed by atoms with E-state index in [2.05, 4.69) is 5.32 Å². The Morgan fingerprint density at radius 2 is 2.07 bits per heavy atom. The molecule has 0 saturated carbocycles. The normalized spacial score (nSPS) is 12.1. The van der Waals surface area contributed by atoms with Crippen LogP contribution in [0.3, 0.4) is 0 Å². The minimum atomic E-state index is -1.08. The van der Waals surface area contributed by atoms with Crippen LogP contribution in [-0.2, 0) is 9.59 Å². The van der Waals surface area contributed by atoms with Gasteiger partial charge in [-0.25, -0.2) is 4.79 Å². The fourth-order valence-electron chi connectivity index (χ4n) is 0.947. The Balaban J connectivity index is 3.95. The van der Waals surface area contributed by atoms with Crippen molar-refractivity contribution in [1.82, 2.24) is 5.32 Å². The second-order valence-corrected chi connectivity index (χ2v) is 2.86. The Morgan fingerprint density at radius 1 is 1.43 bits per heavy atom. The molecule has 0 aliphatic heterocycles. The molecule has 0 aromatic heterocycles. The summed E-state index contributed by atoms with van der Waals surface area (Å²) in [5, 5.41) is 19.4. The number of carboxylic acid groups (broad SMARTS) is 1. The molecule has 6 heteroatoms. The third-order valence-electron chi connectivity index (χ3n) is 1.67. The minimum absolute atomic E-state index is 0.0770. The van der Waals surface area contributed by atoms with Crippen LogP contribution in [0.25, 0.3) is 0 Å². The van der Waals surface area contributed by atoms with Crippen LogP contribution in [0.1, 0.15) is 19.3 Å². The van der Waals surface area contributed by atoms with Crippen molar-refractivity contribution >= 4 is 11.9 Å². The zero-order chi connectivity index (χ0) is 11.0. The van der Waals surface area contributed by atoms with E-state index in [1.54, 1.807) is 0 Å². The lowest BCUT2D eigenvalue weighted by Crippen LogP contribution is -2.41. The number of amides is 1. The summed E-state index contributed by atoms with van der Waals surface area (Å²) in [6.45, 7) is 0.106. The molecule has 82 valence electrons. The van der Waals surface area contributed by atoms with E-state index in [0.29, 0.717) is 19.4 Å². The second kappa shape index (κ2) is 7.28. The van der Waals surface area contributed by atoms with E-state index in [-0.39, 0.29) is 13.0 Å². The van der Waals surface area contributed by atoms with Gasteiger partial charge in [0.05, 0.1) is 6.61 Å². The number of carbonyl (C=O) groups is 2. The number of rotatable bonds is 7. The molecule has 5 N–H and O–H groups in total. The zero-order valence-corrected chi connectivity index (χ0v) is 7.90. The van der Waals surface area contributed by atoms with Crippen molar-refractivity contribution in [3.8, 4) is 0 Å². The number of nitrogens with two attached hydrogens (primary N) is 1. The third-order valence-corrected chi connectivity index (χ3v) is 1.67. The first-order valence-electron chi connectivity index (χ1n) is 4.45. The Labute approximate surface area is 82.1 Å². The first-order chi connectivity index (χ1) is 6.61. The predicted octanol–water partition coefficient (Wildman–Crippen LogP) is -1.32. The molecule has 0 bridgehead atoms. The highest BCUT2D eigenvalue weighted by molar-refractivity contribution is 5.83. The lowest BCUT2D eigenvalue weighted by atomic mass is 10.1. The van der Waals surface area contributed by atoms with E-state index < -0.39 is 17.9 Å². The third kappa shape index (κ3) is 5.50. The van der Waals surface area contributed by atoms with Crippen molar-refractivity contribution in [1.29, 1.82) is 0 Å². The summed E-state index contributed by atoms with van der Waals surface area (Å²) in [6.07, 6.45) is 0.770. The van der Waals surface area contributed by atoms with E-state index in [9.17, 15) is 9.59 Å². The van der Waals surface area contributed by atoms with Crippen molar-refractivity contribution in [2.24, 2.45) is 5.73 Å². The van der Waals surface area contributed by atoms with E-state index in [1.165, 1.54) is 0 Å². The first kappa shape index (κ1) is 12.9. The van der Waals surface area contributed by atoms with Crippen molar-refractivity contribution in [3.63, 3.8) is 0 Å². The van der Waals surface area contributed by atoms with Crippen molar-refractivity contribution in [2.45, 2.75) is 25.3 Å². The topological polar surface area (TPSA) is 113 Å². The standard InChI is InChI=1S/C8H16N2O4/c9-4-1-2-6(8(13)14)10-7(12)3-5-11/h6,11H,1-5,9H2,(H,10,12)(H,13,14). The maximum Gasteiger partial charge on any atom is 0.326 e. The van der Waals surface area contributed by atoms with Gasteiger partial charge in [-0.3, -0.25) is 4.79 Å². The number of carboxylic acids is 1. The average molecular weight is 204 g/mol. The van der Waals surface area contributed by atoms with Crippen LogP contribution in [0.5, 0.6) is 0 Å². The summed E-state index contributed by atoms with van der Waals surface area (Å²) in [5.41, 5.74) is 5.22. The molecular weight excluding hydrogens is 188 g/mol. The van der Waals surface area contributed by atoms with Crippen LogP contribution in [0.2, 0.25) is 0 Å². The molecule has 0 aromatic carbocycles. The van der Waals surface area contributed by atoms with E-state index in [0.717, 1.165) is 0 Å². The number of aliphatic carboxylic acids is 1. The highest BCUT2D eigenvalue weighted by atomic mass is 16.4. The smallest absolute Gasteiger partial charge is 0.326 e. The largest absolute Gasteiger partial charge is 0.480 e. The lowest BCUT2D eigenvalue weighted by Gasteiger charge is -2.13. The molecule has 1 atom stereocenters. The van der Waals surface area contributed by atoms with Crippen LogP contribution in [0.15, 0.2) is 0 Å². The molecule has 0 aliphatic carbocycles. The Kier molecular flexibility index (Phi) is 6.69. The van der Waals surface area contributed by atoms with Gasteiger partial charge in [-0.1, -0.05) is 0 Å². The van der Waals surface area contributed by atoms with Crippen LogP contribution >= 0.6 is 0 Å². The summed E-state index contributed by atoms with van der Waals surface area (Å²) in [5.74, 6) is -1.54. The van der Waals surface area contributed by atoms with Crippen LogP contribution in [0.4, 0.5) is 0 Å². The number of carbonyl (C=O) groups excluding carboxylic acids is 1. The first-order valence-corrected chi connectivity index (χ1v) is 4.45. The summed E-state index contributed by atoms with van der Waals surface area (Å²) in [7, 11) is 0. The molecule has 1 unspecified atom stereocenters. The van der Waals surface area contributed by atoms with E-state index in [1.807, 2.05) is 0 Å². The molecule has 0 radical (unpaired) electrons. The van der Waals surface area contributed by atoms with Gasteiger partial charge >= 0.3 is 5.97 Å². The van der Waals surface area contributed by atoms with Crippen molar-refractivity contribution < 1.29 is 19.8 Å². The number of hydrogen-bond acceptors (Lipinski definition) is 4. The van der Waals surface area contributed by atoms with Gasteiger partial charge in [0.2, 0.25) is 5.91 Å². The van der Waals surface area contributed by atoms with Gasteiger partial charge in [0.25, 0.3) is 0 Å². The molecule has 6 nitrogen and oxygen atoms in total. The highest BCUT2D eigenvalue weighted by Gasteiger charge is 2.18. The van der Waals surface area contributed by atoms with Gasteiger partial charge in [0.15, 0.2) is 0 Å².